The highest BCUT2D eigenvalue weighted by molar-refractivity contribution is 9.10. The Morgan fingerprint density at radius 2 is 1.39 bits per heavy atom. The summed E-state index contributed by atoms with van der Waals surface area (Å²) in [4.78, 5) is 0.600. The predicted octanol–water partition coefficient (Wildman–Crippen LogP) is 8.50. The molecular formula is C33H28BrNO2S. The normalized spacial score (nSPS) is 11.4. The van der Waals surface area contributed by atoms with Gasteiger partial charge in [-0.25, -0.2) is 8.42 Å². The highest BCUT2D eigenvalue weighted by Gasteiger charge is 2.33. The molecule has 0 saturated carbocycles. The molecule has 1 heterocycles. The van der Waals surface area contributed by atoms with E-state index in [0.717, 1.165) is 38.0 Å². The second-order valence-corrected chi connectivity index (χ2v) is 12.1. The molecule has 0 N–H and O–H groups in total. The number of hydrogen-bond acceptors (Lipinski definition) is 2. The van der Waals surface area contributed by atoms with Gasteiger partial charge in [0.1, 0.15) is 4.90 Å². The Bertz CT molecular complexity index is 1670. The molecule has 0 aliphatic carbocycles. The minimum absolute atomic E-state index is 0.278. The molecule has 4 aromatic carbocycles. The average Bonchev–Trinajstić information content (AvgIpc) is 3.25. The molecule has 0 aliphatic rings. The number of rotatable bonds is 8. The van der Waals surface area contributed by atoms with Gasteiger partial charge < -0.3 is 4.57 Å². The molecule has 5 aromatic rings. The molecule has 5 heteroatoms. The number of hydrogen-bond donors (Lipinski definition) is 0. The van der Waals surface area contributed by atoms with E-state index in [2.05, 4.69) is 39.2 Å². The minimum atomic E-state index is -3.90. The van der Waals surface area contributed by atoms with Gasteiger partial charge in [-0.1, -0.05) is 112 Å². The number of halogens is 1. The molecule has 190 valence electrons. The molecule has 1 aromatic heterocycles. The fourth-order valence-corrected chi connectivity index (χ4v) is 6.82. The Hall–Kier alpha value is -3.67. The fraction of sp³-hybridized carbons (Fsp3) is 0.0909. The molecular weight excluding hydrogens is 554 g/mol. The number of nitrogens with zero attached hydrogens (tertiary/aromatic N) is 1. The lowest BCUT2D eigenvalue weighted by Crippen LogP contribution is -2.07. The maximum absolute atomic E-state index is 14.6. The van der Waals surface area contributed by atoms with Crippen molar-refractivity contribution in [1.82, 2.24) is 4.57 Å². The molecule has 0 atom stereocenters. The van der Waals surface area contributed by atoms with Crippen LogP contribution in [0.25, 0.3) is 22.4 Å². The second kappa shape index (κ2) is 11.0. The third-order valence-corrected chi connectivity index (χ3v) is 8.99. The summed E-state index contributed by atoms with van der Waals surface area (Å²) in [6, 6.07) is 34.9. The van der Waals surface area contributed by atoms with Crippen LogP contribution in [0.15, 0.2) is 136 Å². The maximum atomic E-state index is 14.6. The Morgan fingerprint density at radius 3 is 2.00 bits per heavy atom. The van der Waals surface area contributed by atoms with Gasteiger partial charge in [-0.15, -0.1) is 6.58 Å². The van der Waals surface area contributed by atoms with Gasteiger partial charge in [-0.3, -0.25) is 0 Å². The fourth-order valence-electron chi connectivity index (χ4n) is 4.84. The lowest BCUT2D eigenvalue weighted by molar-refractivity contribution is 0.596. The largest absolute Gasteiger partial charge is 0.339 e. The van der Waals surface area contributed by atoms with Crippen molar-refractivity contribution in [3.8, 4) is 22.4 Å². The summed E-state index contributed by atoms with van der Waals surface area (Å²) in [5.74, 6) is 0. The molecule has 5 rings (SSSR count). The first-order valence-electron chi connectivity index (χ1n) is 12.4. The molecule has 0 fully saturated rings. The van der Waals surface area contributed by atoms with Gasteiger partial charge in [0, 0.05) is 28.7 Å². The van der Waals surface area contributed by atoms with E-state index in [0.29, 0.717) is 23.6 Å². The zero-order valence-corrected chi connectivity index (χ0v) is 23.5. The molecule has 0 aliphatic heterocycles. The third-order valence-electron chi connectivity index (χ3n) is 6.63. The summed E-state index contributed by atoms with van der Waals surface area (Å²) in [6.07, 6.45) is 2.40. The molecule has 0 radical (unpaired) electrons. The van der Waals surface area contributed by atoms with Gasteiger partial charge >= 0.3 is 0 Å². The average molecular weight is 583 g/mol. The van der Waals surface area contributed by atoms with Gasteiger partial charge in [0.2, 0.25) is 9.84 Å². The molecule has 0 unspecified atom stereocenters. The van der Waals surface area contributed by atoms with Crippen molar-refractivity contribution < 1.29 is 8.42 Å². The van der Waals surface area contributed by atoms with Crippen LogP contribution in [0.3, 0.4) is 0 Å². The van der Waals surface area contributed by atoms with Crippen molar-refractivity contribution in [2.45, 2.75) is 29.7 Å². The van der Waals surface area contributed by atoms with Crippen LogP contribution in [0.1, 0.15) is 16.8 Å². The predicted molar refractivity (Wildman–Crippen MR) is 159 cm³/mol. The van der Waals surface area contributed by atoms with Gasteiger partial charge in [-0.05, 0) is 47.9 Å². The van der Waals surface area contributed by atoms with E-state index in [-0.39, 0.29) is 4.90 Å². The second-order valence-electron chi connectivity index (χ2n) is 9.25. The van der Waals surface area contributed by atoms with Crippen LogP contribution < -0.4 is 0 Å². The standard InChI is InChI=1S/C33H28BrNO2S/c1-3-22-35-30(23-25-10-6-4-7-11-25)31(26-12-8-5-9-13-26)33(32(35)27-16-18-28(34)19-17-27)38(36,37)29-20-14-24(2)15-21-29/h3-21H,1,22-23H2,2H3. The zero-order chi connectivity index (χ0) is 26.7. The molecule has 0 spiro atoms. The van der Waals surface area contributed by atoms with E-state index in [9.17, 15) is 8.42 Å². The summed E-state index contributed by atoms with van der Waals surface area (Å²) < 4.78 is 32.2. The van der Waals surface area contributed by atoms with Crippen molar-refractivity contribution >= 4 is 25.8 Å². The quantitative estimate of drug-likeness (QED) is 0.172. The van der Waals surface area contributed by atoms with Gasteiger partial charge in [0.25, 0.3) is 0 Å². The van der Waals surface area contributed by atoms with E-state index in [1.807, 2.05) is 97.9 Å². The topological polar surface area (TPSA) is 39.1 Å². The van der Waals surface area contributed by atoms with Crippen LogP contribution >= 0.6 is 15.9 Å². The highest BCUT2D eigenvalue weighted by atomic mass is 79.9. The van der Waals surface area contributed by atoms with E-state index in [4.69, 9.17) is 0 Å². The first-order chi connectivity index (χ1) is 18.4. The Morgan fingerprint density at radius 1 is 0.789 bits per heavy atom. The number of allylic oxidation sites excluding steroid dienone is 1. The molecule has 38 heavy (non-hydrogen) atoms. The summed E-state index contributed by atoms with van der Waals surface area (Å²) >= 11 is 3.53. The third kappa shape index (κ3) is 5.04. The Kier molecular flexibility index (Phi) is 7.50. The Labute approximate surface area is 233 Å². The number of sulfone groups is 1. The summed E-state index contributed by atoms with van der Waals surface area (Å²) in [6.45, 7) is 6.44. The van der Waals surface area contributed by atoms with Crippen LogP contribution in [0, 0.1) is 6.92 Å². The van der Waals surface area contributed by atoms with Gasteiger partial charge in [-0.2, -0.15) is 0 Å². The summed E-state index contributed by atoms with van der Waals surface area (Å²) in [5, 5.41) is 0. The maximum Gasteiger partial charge on any atom is 0.209 e. The van der Waals surface area contributed by atoms with Crippen molar-refractivity contribution in [1.29, 1.82) is 0 Å². The number of benzene rings is 4. The van der Waals surface area contributed by atoms with Crippen LogP contribution in [0.4, 0.5) is 0 Å². The first kappa shape index (κ1) is 26.0. The van der Waals surface area contributed by atoms with Crippen LogP contribution in [-0.4, -0.2) is 13.0 Å². The van der Waals surface area contributed by atoms with E-state index >= 15 is 0 Å². The SMILES string of the molecule is C=CCn1c(Cc2ccccc2)c(-c2ccccc2)c(S(=O)(=O)c2ccc(C)cc2)c1-c1ccc(Br)cc1. The van der Waals surface area contributed by atoms with Gasteiger partial charge in [0.15, 0.2) is 0 Å². The summed E-state index contributed by atoms with van der Waals surface area (Å²) in [5.41, 5.74) is 6.15. The Balaban J connectivity index is 1.93. The van der Waals surface area contributed by atoms with Crippen molar-refractivity contribution in [3.63, 3.8) is 0 Å². The summed E-state index contributed by atoms with van der Waals surface area (Å²) in [7, 11) is -3.90. The van der Waals surface area contributed by atoms with Crippen molar-refractivity contribution in [3.05, 3.63) is 143 Å². The van der Waals surface area contributed by atoms with E-state index in [1.165, 1.54) is 0 Å². The van der Waals surface area contributed by atoms with Crippen molar-refractivity contribution in [2.24, 2.45) is 0 Å². The first-order valence-corrected chi connectivity index (χ1v) is 14.7. The highest BCUT2D eigenvalue weighted by Crippen LogP contribution is 2.44. The van der Waals surface area contributed by atoms with E-state index in [1.54, 1.807) is 12.1 Å². The van der Waals surface area contributed by atoms with E-state index < -0.39 is 9.84 Å². The lowest BCUT2D eigenvalue weighted by atomic mass is 10.0. The molecule has 3 nitrogen and oxygen atoms in total. The van der Waals surface area contributed by atoms with Crippen LogP contribution in [0.5, 0.6) is 0 Å². The molecule has 0 amide bonds. The molecule has 0 saturated heterocycles. The number of aromatic nitrogens is 1. The molecule has 0 bridgehead atoms. The van der Waals surface area contributed by atoms with Crippen LogP contribution in [-0.2, 0) is 22.8 Å². The van der Waals surface area contributed by atoms with Crippen molar-refractivity contribution in [2.75, 3.05) is 0 Å². The smallest absolute Gasteiger partial charge is 0.209 e. The minimum Gasteiger partial charge on any atom is -0.339 e. The zero-order valence-electron chi connectivity index (χ0n) is 21.1. The number of aryl methyl sites for hydroxylation is 1. The lowest BCUT2D eigenvalue weighted by Gasteiger charge is -2.14. The monoisotopic (exact) mass is 581 g/mol. The van der Waals surface area contributed by atoms with Crippen LogP contribution in [0.2, 0.25) is 0 Å². The van der Waals surface area contributed by atoms with Gasteiger partial charge in [0.05, 0.1) is 10.6 Å².